The first-order valence-electron chi connectivity index (χ1n) is 7.03. The molecular weight excluding hydrogens is 296 g/mol. The fourth-order valence-corrected chi connectivity index (χ4v) is 2.06. The summed E-state index contributed by atoms with van der Waals surface area (Å²) in [5, 5.41) is 25.8. The third-order valence-corrected chi connectivity index (χ3v) is 3.21. The smallest absolute Gasteiger partial charge is 0.390 e. The van der Waals surface area contributed by atoms with Crippen LogP contribution < -0.4 is 4.74 Å². The Bertz CT molecular complexity index is 753. The largest absolute Gasteiger partial charge is 0.494 e. The average molecular weight is 313 g/mol. The Kier molecular flexibility index (Phi) is 5.61. The van der Waals surface area contributed by atoms with E-state index in [1.807, 2.05) is 19.1 Å². The van der Waals surface area contributed by atoms with Crippen LogP contribution in [0.3, 0.4) is 0 Å². The zero-order chi connectivity index (χ0) is 16.7. The summed E-state index contributed by atoms with van der Waals surface area (Å²) in [6.45, 7) is 2.04. The van der Waals surface area contributed by atoms with E-state index in [4.69, 9.17) is 15.0 Å². The Hall–Kier alpha value is -2.98. The highest BCUT2D eigenvalue weighted by Crippen LogP contribution is 2.34. The normalized spacial score (nSPS) is 10.5. The summed E-state index contributed by atoms with van der Waals surface area (Å²) in [6, 6.07) is 10.6. The molecule has 7 heteroatoms. The Morgan fingerprint density at radius 3 is 2.57 bits per heavy atom. The second kappa shape index (κ2) is 7.87. The van der Waals surface area contributed by atoms with Gasteiger partial charge in [0.15, 0.2) is 4.98 Å². The van der Waals surface area contributed by atoms with Gasteiger partial charge < -0.3 is 14.7 Å². The zero-order valence-electron chi connectivity index (χ0n) is 12.9. The molecule has 0 bridgehead atoms. The van der Waals surface area contributed by atoms with E-state index in [0.717, 1.165) is 11.1 Å². The van der Waals surface area contributed by atoms with E-state index in [-0.39, 0.29) is 6.61 Å². The van der Waals surface area contributed by atoms with Crippen molar-refractivity contribution in [3.8, 4) is 16.9 Å². The summed E-state index contributed by atoms with van der Waals surface area (Å²) in [5.41, 5.74) is 3.15. The first-order chi connectivity index (χ1) is 11.2. The van der Waals surface area contributed by atoms with Gasteiger partial charge in [0.25, 0.3) is 0 Å². The highest BCUT2D eigenvalue weighted by atomic mass is 16.6. The van der Waals surface area contributed by atoms with Crippen LogP contribution in [0.1, 0.15) is 12.5 Å². The molecule has 0 saturated carbocycles. The number of nitrogens with zero attached hydrogens (tertiary/aromatic N) is 4. The number of benzene rings is 2. The van der Waals surface area contributed by atoms with Crippen LogP contribution in [-0.4, -0.2) is 18.8 Å². The summed E-state index contributed by atoms with van der Waals surface area (Å²) < 4.78 is 5.32. The van der Waals surface area contributed by atoms with Gasteiger partial charge in [-0.25, -0.2) is 0 Å². The molecule has 0 fully saturated rings. The monoisotopic (exact) mass is 313 g/mol. The van der Waals surface area contributed by atoms with Gasteiger partial charge in [-0.2, -0.15) is 0 Å². The van der Waals surface area contributed by atoms with Crippen LogP contribution in [0.5, 0.6) is 5.75 Å². The molecule has 118 valence electrons. The predicted molar refractivity (Wildman–Crippen MR) is 85.2 cm³/mol. The standard InChI is InChI=1S/C16H17N4O3/c1-3-23-20-19-15-7-5-12(9-16(15)22-2)11-4-6-14(18-17)13(8-11)10-21/h4-9,21H,3,10H2,1-2H3/q+1. The van der Waals surface area contributed by atoms with E-state index in [2.05, 4.69) is 15.4 Å². The van der Waals surface area contributed by atoms with Gasteiger partial charge in [0, 0.05) is 11.3 Å². The second-order valence-electron chi connectivity index (χ2n) is 4.59. The minimum atomic E-state index is -0.217. The number of diazo groups is 1. The van der Waals surface area contributed by atoms with Crippen LogP contribution >= 0.6 is 0 Å². The lowest BCUT2D eigenvalue weighted by molar-refractivity contribution is 0.139. The molecule has 0 aliphatic carbocycles. The van der Waals surface area contributed by atoms with E-state index in [1.54, 1.807) is 31.4 Å². The molecule has 0 unspecified atom stereocenters. The molecular formula is C16H17N4O3+. The molecule has 0 spiro atoms. The quantitative estimate of drug-likeness (QED) is 0.487. The third-order valence-electron chi connectivity index (χ3n) is 3.21. The van der Waals surface area contributed by atoms with Crippen molar-refractivity contribution < 1.29 is 14.7 Å². The molecule has 0 aliphatic heterocycles. The summed E-state index contributed by atoms with van der Waals surface area (Å²) >= 11 is 0. The van der Waals surface area contributed by atoms with Gasteiger partial charge in [-0.15, -0.1) is 5.11 Å². The Balaban J connectivity index is 2.39. The lowest BCUT2D eigenvalue weighted by Gasteiger charge is -2.07. The van der Waals surface area contributed by atoms with Crippen molar-refractivity contribution in [1.82, 2.24) is 0 Å². The van der Waals surface area contributed by atoms with Crippen molar-refractivity contribution in [3.63, 3.8) is 0 Å². The molecule has 0 saturated heterocycles. The molecule has 2 aromatic rings. The Labute approximate surface area is 133 Å². The summed E-state index contributed by atoms with van der Waals surface area (Å²) in [4.78, 5) is 7.99. The van der Waals surface area contributed by atoms with Crippen molar-refractivity contribution in [2.24, 2.45) is 10.4 Å². The van der Waals surface area contributed by atoms with Crippen LogP contribution in [-0.2, 0) is 11.4 Å². The highest BCUT2D eigenvalue weighted by Gasteiger charge is 2.14. The van der Waals surface area contributed by atoms with Crippen molar-refractivity contribution in [3.05, 3.63) is 46.9 Å². The van der Waals surface area contributed by atoms with Crippen LogP contribution in [0.15, 0.2) is 46.8 Å². The number of hydrogen-bond acceptors (Lipinski definition) is 6. The lowest BCUT2D eigenvalue weighted by Crippen LogP contribution is -1.88. The van der Waals surface area contributed by atoms with Crippen LogP contribution in [0, 0.1) is 5.39 Å². The van der Waals surface area contributed by atoms with Gasteiger partial charge in [0.2, 0.25) is 5.39 Å². The van der Waals surface area contributed by atoms with Crippen LogP contribution in [0.25, 0.3) is 16.1 Å². The number of aliphatic hydroxyl groups excluding tert-OH is 1. The number of rotatable bonds is 6. The molecule has 0 amide bonds. The maximum atomic E-state index is 9.35. The number of methoxy groups -OCH3 is 1. The Morgan fingerprint density at radius 1 is 1.17 bits per heavy atom. The maximum absolute atomic E-state index is 9.35. The van der Waals surface area contributed by atoms with Gasteiger partial charge in [-0.1, -0.05) is 6.07 Å². The zero-order valence-corrected chi connectivity index (χ0v) is 12.9. The molecule has 0 radical (unpaired) electrons. The van der Waals surface area contributed by atoms with E-state index in [0.29, 0.717) is 29.3 Å². The molecule has 1 N–H and O–H groups in total. The van der Waals surface area contributed by atoms with E-state index >= 15 is 0 Å². The topological polar surface area (TPSA) is 91.6 Å². The lowest BCUT2D eigenvalue weighted by atomic mass is 10.0. The maximum Gasteiger partial charge on any atom is 0.390 e. The number of hydrogen-bond donors (Lipinski definition) is 1. The van der Waals surface area contributed by atoms with Crippen molar-refractivity contribution in [2.75, 3.05) is 13.7 Å². The molecule has 2 aromatic carbocycles. The van der Waals surface area contributed by atoms with E-state index in [1.165, 1.54) is 0 Å². The van der Waals surface area contributed by atoms with Gasteiger partial charge in [0.05, 0.1) is 19.3 Å². The van der Waals surface area contributed by atoms with Gasteiger partial charge in [-0.3, -0.25) is 0 Å². The fourth-order valence-electron chi connectivity index (χ4n) is 2.06. The Morgan fingerprint density at radius 2 is 1.91 bits per heavy atom. The molecule has 7 nitrogen and oxygen atoms in total. The third kappa shape index (κ3) is 3.81. The molecule has 0 heterocycles. The molecule has 2 rings (SSSR count). The minimum Gasteiger partial charge on any atom is -0.494 e. The SMILES string of the molecule is CCON=Nc1ccc(-c2ccc([N+]#N)c(CO)c2)cc1OC. The average Bonchev–Trinajstić information content (AvgIpc) is 2.61. The van der Waals surface area contributed by atoms with Gasteiger partial charge >= 0.3 is 5.69 Å². The van der Waals surface area contributed by atoms with Crippen LogP contribution in [0.4, 0.5) is 11.4 Å². The first-order valence-corrected chi connectivity index (χ1v) is 7.03. The number of ether oxygens (including phenoxy) is 1. The first kappa shape index (κ1) is 16.4. The summed E-state index contributed by atoms with van der Waals surface area (Å²) in [7, 11) is 1.55. The predicted octanol–water partition coefficient (Wildman–Crippen LogP) is 4.37. The highest BCUT2D eigenvalue weighted by molar-refractivity contribution is 5.72. The van der Waals surface area contributed by atoms with Gasteiger partial charge in [-0.05, 0) is 42.3 Å². The second-order valence-corrected chi connectivity index (χ2v) is 4.59. The van der Waals surface area contributed by atoms with Crippen molar-refractivity contribution in [1.29, 1.82) is 5.39 Å². The van der Waals surface area contributed by atoms with Crippen molar-refractivity contribution >= 4 is 11.4 Å². The molecule has 0 aliphatic rings. The molecule has 0 aromatic heterocycles. The molecule has 23 heavy (non-hydrogen) atoms. The molecule has 0 atom stereocenters. The van der Waals surface area contributed by atoms with Crippen LogP contribution in [0.2, 0.25) is 0 Å². The number of aliphatic hydroxyl groups is 1. The summed E-state index contributed by atoms with van der Waals surface area (Å²) in [6.07, 6.45) is 0. The van der Waals surface area contributed by atoms with Gasteiger partial charge in [0.1, 0.15) is 18.0 Å². The van der Waals surface area contributed by atoms with Crippen molar-refractivity contribution in [2.45, 2.75) is 13.5 Å². The van der Waals surface area contributed by atoms with E-state index in [9.17, 15) is 5.11 Å². The summed E-state index contributed by atoms with van der Waals surface area (Å²) in [5.74, 6) is 0.549. The van der Waals surface area contributed by atoms with E-state index < -0.39 is 0 Å². The fraction of sp³-hybridized carbons (Fsp3) is 0.250. The minimum absolute atomic E-state index is 0.217.